The van der Waals surface area contributed by atoms with E-state index in [0.717, 1.165) is 18.3 Å². The third-order valence-corrected chi connectivity index (χ3v) is 3.34. The molecular formula is C17H19NO. The van der Waals surface area contributed by atoms with Crippen molar-refractivity contribution in [2.24, 2.45) is 0 Å². The van der Waals surface area contributed by atoms with Gasteiger partial charge in [-0.2, -0.15) is 0 Å². The number of hydrogen-bond donors (Lipinski definition) is 1. The van der Waals surface area contributed by atoms with Crippen LogP contribution in [0.1, 0.15) is 24.0 Å². The second-order valence-corrected chi connectivity index (χ2v) is 5.07. The molecule has 0 atom stereocenters. The van der Waals surface area contributed by atoms with Crippen LogP contribution < -0.4 is 10.1 Å². The molecule has 0 spiro atoms. The van der Waals surface area contributed by atoms with Gasteiger partial charge in [-0.25, -0.2) is 0 Å². The molecule has 0 unspecified atom stereocenters. The Bertz CT molecular complexity index is 503. The quantitative estimate of drug-likeness (QED) is 0.850. The lowest BCUT2D eigenvalue weighted by molar-refractivity contribution is 0.306. The number of ether oxygens (including phenoxy) is 1. The Labute approximate surface area is 114 Å². The van der Waals surface area contributed by atoms with Crippen molar-refractivity contribution in [3.63, 3.8) is 0 Å². The average molecular weight is 253 g/mol. The summed E-state index contributed by atoms with van der Waals surface area (Å²) in [6, 6.07) is 19.4. The van der Waals surface area contributed by atoms with Crippen LogP contribution in [0, 0.1) is 0 Å². The molecule has 0 bridgehead atoms. The third-order valence-electron chi connectivity index (χ3n) is 3.34. The fraction of sp³-hybridized carbons (Fsp3) is 0.294. The maximum Gasteiger partial charge on any atom is 0.119 e. The first-order valence-electron chi connectivity index (χ1n) is 6.89. The van der Waals surface area contributed by atoms with Crippen LogP contribution in [0.2, 0.25) is 0 Å². The number of rotatable bonds is 6. The van der Waals surface area contributed by atoms with Crippen LogP contribution in [0.4, 0.5) is 0 Å². The predicted octanol–water partition coefficient (Wildman–Crippen LogP) is 3.52. The molecule has 2 heteroatoms. The van der Waals surface area contributed by atoms with Gasteiger partial charge in [-0.15, -0.1) is 0 Å². The van der Waals surface area contributed by atoms with Crippen molar-refractivity contribution >= 4 is 0 Å². The highest BCUT2D eigenvalue weighted by atomic mass is 16.5. The summed E-state index contributed by atoms with van der Waals surface area (Å²) in [7, 11) is 0. The summed E-state index contributed by atoms with van der Waals surface area (Å²) in [6.07, 6.45) is 2.66. The van der Waals surface area contributed by atoms with E-state index in [9.17, 15) is 0 Å². The summed E-state index contributed by atoms with van der Waals surface area (Å²) < 4.78 is 5.76. The first-order valence-corrected chi connectivity index (χ1v) is 6.89. The molecule has 1 fully saturated rings. The van der Waals surface area contributed by atoms with E-state index >= 15 is 0 Å². The fourth-order valence-corrected chi connectivity index (χ4v) is 1.99. The van der Waals surface area contributed by atoms with Crippen LogP contribution in [0.3, 0.4) is 0 Å². The van der Waals surface area contributed by atoms with E-state index in [1.165, 1.54) is 24.0 Å². The zero-order valence-electron chi connectivity index (χ0n) is 11.0. The van der Waals surface area contributed by atoms with Crippen molar-refractivity contribution < 1.29 is 4.74 Å². The summed E-state index contributed by atoms with van der Waals surface area (Å²) in [5.41, 5.74) is 2.51. The maximum atomic E-state index is 5.76. The second-order valence-electron chi connectivity index (χ2n) is 5.07. The average Bonchev–Trinajstić information content (AvgIpc) is 3.29. The molecule has 3 rings (SSSR count). The Morgan fingerprint density at radius 3 is 2.32 bits per heavy atom. The van der Waals surface area contributed by atoms with Gasteiger partial charge in [0.2, 0.25) is 0 Å². The minimum Gasteiger partial charge on any atom is -0.489 e. The van der Waals surface area contributed by atoms with Crippen LogP contribution >= 0.6 is 0 Å². The Kier molecular flexibility index (Phi) is 3.80. The molecule has 1 N–H and O–H groups in total. The lowest BCUT2D eigenvalue weighted by atomic mass is 10.2. The van der Waals surface area contributed by atoms with Crippen LogP contribution in [0.15, 0.2) is 54.6 Å². The van der Waals surface area contributed by atoms with Gasteiger partial charge in [-0.1, -0.05) is 42.5 Å². The van der Waals surface area contributed by atoms with E-state index in [1.807, 2.05) is 30.3 Å². The van der Waals surface area contributed by atoms with Crippen LogP contribution in [-0.2, 0) is 13.2 Å². The van der Waals surface area contributed by atoms with Gasteiger partial charge in [0.1, 0.15) is 12.4 Å². The van der Waals surface area contributed by atoms with Crippen LogP contribution in [0.5, 0.6) is 5.75 Å². The van der Waals surface area contributed by atoms with Crippen molar-refractivity contribution in [3.05, 3.63) is 65.7 Å². The Hall–Kier alpha value is -1.80. The minimum absolute atomic E-state index is 0.626. The molecule has 1 saturated carbocycles. The van der Waals surface area contributed by atoms with Gasteiger partial charge >= 0.3 is 0 Å². The molecule has 0 heterocycles. The Morgan fingerprint density at radius 2 is 1.63 bits per heavy atom. The molecule has 0 saturated heterocycles. The Morgan fingerprint density at radius 1 is 0.895 bits per heavy atom. The highest BCUT2D eigenvalue weighted by Gasteiger charge is 2.19. The number of benzene rings is 2. The maximum absolute atomic E-state index is 5.76. The normalized spacial score (nSPS) is 14.3. The molecule has 0 radical (unpaired) electrons. The predicted molar refractivity (Wildman–Crippen MR) is 77.1 cm³/mol. The molecule has 0 amide bonds. The summed E-state index contributed by atoms with van der Waals surface area (Å²) in [5, 5.41) is 3.51. The van der Waals surface area contributed by atoms with E-state index in [1.54, 1.807) is 0 Å². The van der Waals surface area contributed by atoms with Crippen molar-refractivity contribution in [1.82, 2.24) is 5.32 Å². The van der Waals surface area contributed by atoms with Gasteiger partial charge in [-0.3, -0.25) is 0 Å². The fourth-order valence-electron chi connectivity index (χ4n) is 1.99. The molecule has 0 aliphatic heterocycles. The van der Waals surface area contributed by atoms with E-state index in [2.05, 4.69) is 29.6 Å². The topological polar surface area (TPSA) is 21.3 Å². The molecule has 19 heavy (non-hydrogen) atoms. The van der Waals surface area contributed by atoms with Crippen LogP contribution in [-0.4, -0.2) is 6.04 Å². The molecule has 2 nitrogen and oxygen atoms in total. The SMILES string of the molecule is c1ccc(COc2ccc(CNC3CC3)cc2)cc1. The molecule has 98 valence electrons. The van der Waals surface area contributed by atoms with Crippen molar-refractivity contribution in [1.29, 1.82) is 0 Å². The monoisotopic (exact) mass is 253 g/mol. The second kappa shape index (κ2) is 5.89. The Balaban J connectivity index is 1.50. The molecule has 0 aromatic heterocycles. The standard InChI is InChI=1S/C17H19NO/c1-2-4-15(5-3-1)13-19-17-10-6-14(7-11-17)12-18-16-8-9-16/h1-7,10-11,16,18H,8-9,12-13H2. The van der Waals surface area contributed by atoms with Gasteiger partial charge in [-0.05, 0) is 36.1 Å². The van der Waals surface area contributed by atoms with Crippen LogP contribution in [0.25, 0.3) is 0 Å². The molecule has 2 aromatic carbocycles. The van der Waals surface area contributed by atoms with E-state index < -0.39 is 0 Å². The first-order chi connectivity index (χ1) is 9.40. The number of hydrogen-bond acceptors (Lipinski definition) is 2. The van der Waals surface area contributed by atoms with Crippen molar-refractivity contribution in [3.8, 4) is 5.75 Å². The zero-order chi connectivity index (χ0) is 12.9. The highest BCUT2D eigenvalue weighted by Crippen LogP contribution is 2.20. The lowest BCUT2D eigenvalue weighted by Crippen LogP contribution is -2.15. The number of nitrogens with one attached hydrogen (secondary N) is 1. The third kappa shape index (κ3) is 3.83. The summed E-state index contributed by atoms with van der Waals surface area (Å²) in [4.78, 5) is 0. The molecule has 1 aliphatic carbocycles. The molecule has 2 aromatic rings. The zero-order valence-corrected chi connectivity index (χ0v) is 11.0. The van der Waals surface area contributed by atoms with Crippen molar-refractivity contribution in [2.75, 3.05) is 0 Å². The molecular weight excluding hydrogens is 234 g/mol. The lowest BCUT2D eigenvalue weighted by Gasteiger charge is -2.08. The van der Waals surface area contributed by atoms with E-state index in [4.69, 9.17) is 4.74 Å². The van der Waals surface area contributed by atoms with Gasteiger partial charge in [0.25, 0.3) is 0 Å². The summed E-state index contributed by atoms with van der Waals surface area (Å²) >= 11 is 0. The van der Waals surface area contributed by atoms with Crippen molar-refractivity contribution in [2.45, 2.75) is 32.0 Å². The van der Waals surface area contributed by atoms with Gasteiger partial charge < -0.3 is 10.1 Å². The summed E-state index contributed by atoms with van der Waals surface area (Å²) in [6.45, 7) is 1.59. The minimum atomic E-state index is 0.626. The molecule has 1 aliphatic rings. The smallest absolute Gasteiger partial charge is 0.119 e. The first kappa shape index (κ1) is 12.2. The van der Waals surface area contributed by atoms with Gasteiger partial charge in [0.15, 0.2) is 0 Å². The highest BCUT2D eigenvalue weighted by molar-refractivity contribution is 5.27. The van der Waals surface area contributed by atoms with Gasteiger partial charge in [0.05, 0.1) is 0 Å². The summed E-state index contributed by atoms with van der Waals surface area (Å²) in [5.74, 6) is 0.930. The largest absolute Gasteiger partial charge is 0.489 e. The van der Waals surface area contributed by atoms with E-state index in [-0.39, 0.29) is 0 Å². The van der Waals surface area contributed by atoms with Gasteiger partial charge in [0, 0.05) is 12.6 Å². The van der Waals surface area contributed by atoms with E-state index in [0.29, 0.717) is 6.61 Å².